The van der Waals surface area contributed by atoms with E-state index in [1.807, 2.05) is 0 Å². The first-order valence-electron chi connectivity index (χ1n) is 9.46. The van der Waals surface area contributed by atoms with E-state index >= 15 is 0 Å². The molecule has 136 valence electrons. The van der Waals surface area contributed by atoms with Gasteiger partial charge in [0.05, 0.1) is 12.2 Å². The van der Waals surface area contributed by atoms with Crippen LogP contribution in [0, 0.1) is 5.41 Å². The van der Waals surface area contributed by atoms with Crippen molar-refractivity contribution in [2.75, 3.05) is 11.5 Å². The molecule has 0 aromatic heterocycles. The Balaban J connectivity index is 3.44. The zero-order chi connectivity index (χ0) is 17.6. The summed E-state index contributed by atoms with van der Waals surface area (Å²) in [6.07, 6.45) is 11.8. The number of rotatable bonds is 15. The zero-order valence-electron chi connectivity index (χ0n) is 15.9. The lowest BCUT2D eigenvalue weighted by atomic mass is 9.89. The Morgan fingerprint density at radius 3 is 2.04 bits per heavy atom. The number of unbranched alkanes of at least 4 members (excludes halogenated alkanes) is 6. The fourth-order valence-corrected chi connectivity index (χ4v) is 3.40. The quantitative estimate of drug-likeness (QED) is 0.262. The molecule has 0 amide bonds. The van der Waals surface area contributed by atoms with Crippen LogP contribution in [0.5, 0.6) is 0 Å². The van der Waals surface area contributed by atoms with Gasteiger partial charge in [-0.15, -0.1) is 0 Å². The third-order valence-corrected chi connectivity index (χ3v) is 5.04. The summed E-state index contributed by atoms with van der Waals surface area (Å²) in [7, 11) is 0. The van der Waals surface area contributed by atoms with Gasteiger partial charge in [0.1, 0.15) is 11.6 Å². The van der Waals surface area contributed by atoms with E-state index in [4.69, 9.17) is 0 Å². The molecule has 0 rings (SSSR count). The topological polar surface area (TPSA) is 34.1 Å². The Kier molecular flexibility index (Phi) is 13.9. The Morgan fingerprint density at radius 2 is 1.43 bits per heavy atom. The predicted octanol–water partition coefficient (Wildman–Crippen LogP) is 6.21. The molecule has 23 heavy (non-hydrogen) atoms. The smallest absolute Gasteiger partial charge is 0.150 e. The van der Waals surface area contributed by atoms with Crippen molar-refractivity contribution in [2.24, 2.45) is 5.41 Å². The summed E-state index contributed by atoms with van der Waals surface area (Å²) < 4.78 is 0. The maximum absolute atomic E-state index is 11.8. The first-order valence-corrected chi connectivity index (χ1v) is 10.6. The standard InChI is InChI=1S/C20H38O2S/c1-5-6-7-8-9-10-11-15-23-17-19(22)16-18(21)13-12-14-20(2,3)4/h5-17H2,1-4H3. The molecule has 0 bridgehead atoms. The molecule has 0 heterocycles. The van der Waals surface area contributed by atoms with Crippen molar-refractivity contribution in [1.29, 1.82) is 0 Å². The van der Waals surface area contributed by atoms with Gasteiger partial charge in [0, 0.05) is 6.42 Å². The molecule has 0 N–H and O–H groups in total. The van der Waals surface area contributed by atoms with Crippen LogP contribution in [-0.2, 0) is 9.59 Å². The van der Waals surface area contributed by atoms with Crippen LogP contribution in [0.4, 0.5) is 0 Å². The van der Waals surface area contributed by atoms with E-state index in [0.717, 1.165) is 18.6 Å². The summed E-state index contributed by atoms with van der Waals surface area (Å²) in [4.78, 5) is 23.5. The second-order valence-electron chi connectivity index (χ2n) is 7.84. The molecular formula is C20H38O2S. The zero-order valence-corrected chi connectivity index (χ0v) is 16.7. The van der Waals surface area contributed by atoms with Crippen LogP contribution >= 0.6 is 11.8 Å². The molecule has 0 radical (unpaired) electrons. The average molecular weight is 343 g/mol. The van der Waals surface area contributed by atoms with Crippen LogP contribution in [0.3, 0.4) is 0 Å². The van der Waals surface area contributed by atoms with Crippen LogP contribution in [-0.4, -0.2) is 23.1 Å². The van der Waals surface area contributed by atoms with Crippen LogP contribution in [0.1, 0.15) is 98.3 Å². The number of thioether (sulfide) groups is 1. The van der Waals surface area contributed by atoms with E-state index in [0.29, 0.717) is 12.2 Å². The van der Waals surface area contributed by atoms with Crippen molar-refractivity contribution in [1.82, 2.24) is 0 Å². The molecule has 0 saturated heterocycles. The average Bonchev–Trinajstić information content (AvgIpc) is 2.44. The molecular weight excluding hydrogens is 304 g/mol. The van der Waals surface area contributed by atoms with Gasteiger partial charge in [0.15, 0.2) is 0 Å². The molecule has 0 aliphatic heterocycles. The van der Waals surface area contributed by atoms with Gasteiger partial charge in [-0.3, -0.25) is 9.59 Å². The van der Waals surface area contributed by atoms with E-state index in [1.165, 1.54) is 44.9 Å². The van der Waals surface area contributed by atoms with Gasteiger partial charge >= 0.3 is 0 Å². The van der Waals surface area contributed by atoms with E-state index < -0.39 is 0 Å². The lowest BCUT2D eigenvalue weighted by Crippen LogP contribution is -2.11. The van der Waals surface area contributed by atoms with Crippen molar-refractivity contribution >= 4 is 23.3 Å². The summed E-state index contributed by atoms with van der Waals surface area (Å²) in [6.45, 7) is 8.79. The second kappa shape index (κ2) is 14.1. The molecule has 0 unspecified atom stereocenters. The number of carbonyl (C=O) groups is 2. The van der Waals surface area contributed by atoms with Crippen LogP contribution in [0.15, 0.2) is 0 Å². The number of ketones is 2. The molecule has 2 nitrogen and oxygen atoms in total. The maximum Gasteiger partial charge on any atom is 0.150 e. The molecule has 0 saturated carbocycles. The molecule has 0 aliphatic carbocycles. The molecule has 0 atom stereocenters. The Bertz CT molecular complexity index is 318. The fourth-order valence-electron chi connectivity index (χ4n) is 2.52. The molecule has 0 aromatic carbocycles. The molecule has 0 fully saturated rings. The Labute approximate surface area is 148 Å². The second-order valence-corrected chi connectivity index (χ2v) is 8.95. The highest BCUT2D eigenvalue weighted by Crippen LogP contribution is 2.21. The first-order chi connectivity index (χ1) is 10.8. The van der Waals surface area contributed by atoms with Gasteiger partial charge in [-0.05, 0) is 30.4 Å². The van der Waals surface area contributed by atoms with Gasteiger partial charge in [-0.2, -0.15) is 11.8 Å². The minimum Gasteiger partial charge on any atom is -0.299 e. The highest BCUT2D eigenvalue weighted by molar-refractivity contribution is 7.99. The molecule has 3 heteroatoms. The van der Waals surface area contributed by atoms with Crippen molar-refractivity contribution in [3.05, 3.63) is 0 Å². The van der Waals surface area contributed by atoms with Gasteiger partial charge in [0.25, 0.3) is 0 Å². The van der Waals surface area contributed by atoms with Crippen molar-refractivity contribution in [3.8, 4) is 0 Å². The lowest BCUT2D eigenvalue weighted by Gasteiger charge is -2.17. The van der Waals surface area contributed by atoms with E-state index in [1.54, 1.807) is 11.8 Å². The third-order valence-electron chi connectivity index (χ3n) is 3.93. The van der Waals surface area contributed by atoms with Gasteiger partial charge in [-0.25, -0.2) is 0 Å². The van der Waals surface area contributed by atoms with Gasteiger partial charge in [-0.1, -0.05) is 66.2 Å². The predicted molar refractivity (Wildman–Crippen MR) is 103 cm³/mol. The Morgan fingerprint density at radius 1 is 0.826 bits per heavy atom. The largest absolute Gasteiger partial charge is 0.299 e. The fraction of sp³-hybridized carbons (Fsp3) is 0.900. The summed E-state index contributed by atoms with van der Waals surface area (Å²) in [5.74, 6) is 1.80. The Hall–Kier alpha value is -0.310. The summed E-state index contributed by atoms with van der Waals surface area (Å²) >= 11 is 1.70. The number of carbonyl (C=O) groups excluding carboxylic acids is 2. The minimum atomic E-state index is 0.110. The monoisotopic (exact) mass is 342 g/mol. The first kappa shape index (κ1) is 22.7. The van der Waals surface area contributed by atoms with E-state index in [-0.39, 0.29) is 23.4 Å². The molecule has 0 spiro atoms. The normalized spacial score (nSPS) is 11.7. The van der Waals surface area contributed by atoms with Crippen molar-refractivity contribution < 1.29 is 9.59 Å². The molecule has 0 aromatic rings. The number of hydrogen-bond acceptors (Lipinski definition) is 3. The van der Waals surface area contributed by atoms with Gasteiger partial charge < -0.3 is 0 Å². The van der Waals surface area contributed by atoms with Crippen LogP contribution < -0.4 is 0 Å². The summed E-state index contributed by atoms with van der Waals surface area (Å²) in [5.41, 5.74) is 0.274. The van der Waals surface area contributed by atoms with Crippen LogP contribution in [0.25, 0.3) is 0 Å². The maximum atomic E-state index is 11.8. The van der Waals surface area contributed by atoms with Crippen molar-refractivity contribution in [3.63, 3.8) is 0 Å². The van der Waals surface area contributed by atoms with E-state index in [2.05, 4.69) is 27.7 Å². The highest BCUT2D eigenvalue weighted by Gasteiger charge is 2.13. The summed E-state index contributed by atoms with van der Waals surface area (Å²) in [5, 5.41) is 0. The van der Waals surface area contributed by atoms with Gasteiger partial charge in [0.2, 0.25) is 0 Å². The number of Topliss-reactive ketones (excluding diaryl/α,β-unsaturated/α-hetero) is 2. The SMILES string of the molecule is CCCCCCCCCSCC(=O)CC(=O)CCCC(C)(C)C. The lowest BCUT2D eigenvalue weighted by molar-refractivity contribution is -0.125. The number of hydrogen-bond donors (Lipinski definition) is 0. The molecule has 0 aliphatic rings. The van der Waals surface area contributed by atoms with Crippen molar-refractivity contribution in [2.45, 2.75) is 98.3 Å². The third kappa shape index (κ3) is 17.9. The summed E-state index contributed by atoms with van der Waals surface area (Å²) in [6, 6.07) is 0. The minimum absolute atomic E-state index is 0.110. The van der Waals surface area contributed by atoms with E-state index in [9.17, 15) is 9.59 Å². The van der Waals surface area contributed by atoms with Crippen LogP contribution in [0.2, 0.25) is 0 Å². The highest BCUT2D eigenvalue weighted by atomic mass is 32.2.